The minimum absolute atomic E-state index is 0.0765. The van der Waals surface area contributed by atoms with Gasteiger partial charge in [0.05, 0.1) is 11.6 Å². The molecule has 0 bridgehead atoms. The quantitative estimate of drug-likeness (QED) is 0.743. The lowest BCUT2D eigenvalue weighted by molar-refractivity contribution is 0.210. The fourth-order valence-corrected chi connectivity index (χ4v) is 1.62. The van der Waals surface area contributed by atoms with Gasteiger partial charge in [-0.2, -0.15) is 0 Å². The van der Waals surface area contributed by atoms with E-state index in [4.69, 9.17) is 16.7 Å². The molecule has 16 heavy (non-hydrogen) atoms. The largest absolute Gasteiger partial charge is 0.506 e. The van der Waals surface area contributed by atoms with Crippen molar-refractivity contribution in [2.75, 3.05) is 6.61 Å². The van der Waals surface area contributed by atoms with Crippen LogP contribution >= 0.6 is 11.6 Å². The zero-order chi connectivity index (χ0) is 12.1. The summed E-state index contributed by atoms with van der Waals surface area (Å²) in [5, 5.41) is 22.0. The summed E-state index contributed by atoms with van der Waals surface area (Å²) in [5.74, 6) is 0.463. The highest BCUT2D eigenvalue weighted by Gasteiger charge is 2.11. The Labute approximate surface area is 101 Å². The molecule has 0 saturated carbocycles. The van der Waals surface area contributed by atoms with Gasteiger partial charge in [-0.3, -0.25) is 0 Å². The van der Waals surface area contributed by atoms with Crippen LogP contribution in [0.25, 0.3) is 0 Å². The molecule has 1 aromatic rings. The van der Waals surface area contributed by atoms with E-state index in [1.807, 2.05) is 6.07 Å². The fraction of sp³-hybridized carbons (Fsp3) is 0.500. The van der Waals surface area contributed by atoms with Crippen LogP contribution in [0.15, 0.2) is 18.2 Å². The van der Waals surface area contributed by atoms with E-state index in [9.17, 15) is 5.11 Å². The SMILES string of the molecule is CC(C)[C@@H](CO)NCc1ccc(O)c(Cl)c1. The lowest BCUT2D eigenvalue weighted by Crippen LogP contribution is -2.36. The predicted molar refractivity (Wildman–Crippen MR) is 65.7 cm³/mol. The van der Waals surface area contributed by atoms with Crippen LogP contribution in [0.1, 0.15) is 19.4 Å². The van der Waals surface area contributed by atoms with Gasteiger partial charge in [-0.25, -0.2) is 0 Å². The number of aromatic hydroxyl groups is 1. The van der Waals surface area contributed by atoms with Crippen molar-refractivity contribution in [1.29, 1.82) is 0 Å². The van der Waals surface area contributed by atoms with E-state index in [0.29, 0.717) is 17.5 Å². The number of halogens is 1. The number of rotatable bonds is 5. The molecule has 0 aliphatic rings. The van der Waals surface area contributed by atoms with Crippen LogP contribution in [0.2, 0.25) is 5.02 Å². The van der Waals surface area contributed by atoms with Gasteiger partial charge in [0.2, 0.25) is 0 Å². The number of hydrogen-bond acceptors (Lipinski definition) is 3. The number of hydrogen-bond donors (Lipinski definition) is 3. The summed E-state index contributed by atoms with van der Waals surface area (Å²) < 4.78 is 0. The highest BCUT2D eigenvalue weighted by molar-refractivity contribution is 6.32. The molecule has 0 saturated heterocycles. The first-order chi connectivity index (χ1) is 7.54. The molecule has 0 aliphatic heterocycles. The molecule has 4 heteroatoms. The Hall–Kier alpha value is -0.770. The van der Waals surface area contributed by atoms with Crippen molar-refractivity contribution in [1.82, 2.24) is 5.32 Å². The smallest absolute Gasteiger partial charge is 0.134 e. The number of aliphatic hydroxyl groups excluding tert-OH is 1. The second-order valence-electron chi connectivity index (χ2n) is 4.20. The second-order valence-corrected chi connectivity index (χ2v) is 4.61. The molecule has 0 amide bonds. The molecule has 0 fully saturated rings. The molecule has 0 aromatic heterocycles. The summed E-state index contributed by atoms with van der Waals surface area (Å²) in [6.45, 7) is 4.85. The van der Waals surface area contributed by atoms with E-state index in [2.05, 4.69) is 19.2 Å². The van der Waals surface area contributed by atoms with E-state index in [1.165, 1.54) is 0 Å². The molecule has 0 unspecified atom stereocenters. The maximum absolute atomic E-state index is 9.26. The van der Waals surface area contributed by atoms with Crippen molar-refractivity contribution in [3.63, 3.8) is 0 Å². The Morgan fingerprint density at radius 3 is 2.56 bits per heavy atom. The van der Waals surface area contributed by atoms with Crippen LogP contribution in [0.3, 0.4) is 0 Å². The topological polar surface area (TPSA) is 52.5 Å². The highest BCUT2D eigenvalue weighted by atomic mass is 35.5. The van der Waals surface area contributed by atoms with Crippen molar-refractivity contribution >= 4 is 11.6 Å². The Kier molecular flexibility index (Phi) is 5.06. The second kappa shape index (κ2) is 6.09. The number of aliphatic hydroxyl groups is 1. The lowest BCUT2D eigenvalue weighted by atomic mass is 10.1. The van der Waals surface area contributed by atoms with Crippen molar-refractivity contribution in [2.45, 2.75) is 26.4 Å². The van der Waals surface area contributed by atoms with Crippen molar-refractivity contribution < 1.29 is 10.2 Å². The van der Waals surface area contributed by atoms with E-state index in [1.54, 1.807) is 12.1 Å². The van der Waals surface area contributed by atoms with Gasteiger partial charge in [0.15, 0.2) is 0 Å². The molecular formula is C12H18ClNO2. The van der Waals surface area contributed by atoms with Gasteiger partial charge >= 0.3 is 0 Å². The van der Waals surface area contributed by atoms with Crippen molar-refractivity contribution in [2.24, 2.45) is 5.92 Å². The molecule has 0 aliphatic carbocycles. The minimum atomic E-state index is 0.0765. The van der Waals surface area contributed by atoms with Crippen LogP contribution in [-0.2, 0) is 6.54 Å². The van der Waals surface area contributed by atoms with Crippen LogP contribution in [0.5, 0.6) is 5.75 Å². The maximum Gasteiger partial charge on any atom is 0.134 e. The summed E-state index contributed by atoms with van der Waals surface area (Å²) in [7, 11) is 0. The zero-order valence-corrected chi connectivity index (χ0v) is 10.3. The van der Waals surface area contributed by atoms with E-state index < -0.39 is 0 Å². The molecule has 1 aromatic carbocycles. The van der Waals surface area contributed by atoms with Gasteiger partial charge in [-0.05, 0) is 23.6 Å². The van der Waals surface area contributed by atoms with Gasteiger partial charge in [0.25, 0.3) is 0 Å². The summed E-state index contributed by atoms with van der Waals surface area (Å²) >= 11 is 5.80. The molecule has 1 atom stereocenters. The zero-order valence-electron chi connectivity index (χ0n) is 9.57. The molecule has 1 rings (SSSR count). The van der Waals surface area contributed by atoms with Gasteiger partial charge in [0.1, 0.15) is 5.75 Å². The summed E-state index contributed by atoms with van der Waals surface area (Å²) in [4.78, 5) is 0. The van der Waals surface area contributed by atoms with Crippen molar-refractivity contribution in [3.05, 3.63) is 28.8 Å². The third kappa shape index (κ3) is 3.67. The average Bonchev–Trinajstić information content (AvgIpc) is 2.23. The van der Waals surface area contributed by atoms with Crippen LogP contribution in [-0.4, -0.2) is 22.9 Å². The molecule has 0 spiro atoms. The maximum atomic E-state index is 9.26. The van der Waals surface area contributed by atoms with Gasteiger partial charge < -0.3 is 15.5 Å². The van der Waals surface area contributed by atoms with Crippen LogP contribution < -0.4 is 5.32 Å². The van der Waals surface area contributed by atoms with Crippen LogP contribution in [0.4, 0.5) is 0 Å². The summed E-state index contributed by atoms with van der Waals surface area (Å²) in [6.07, 6.45) is 0. The molecule has 0 heterocycles. The van der Waals surface area contributed by atoms with Gasteiger partial charge in [0, 0.05) is 12.6 Å². The standard InChI is InChI=1S/C12H18ClNO2/c1-8(2)11(7-15)14-6-9-3-4-12(16)10(13)5-9/h3-5,8,11,14-16H,6-7H2,1-2H3/t11-/m1/s1. The molecule has 90 valence electrons. The normalized spacial score (nSPS) is 13.1. The van der Waals surface area contributed by atoms with E-state index in [-0.39, 0.29) is 18.4 Å². The Morgan fingerprint density at radius 1 is 1.38 bits per heavy atom. The molecule has 3 nitrogen and oxygen atoms in total. The Balaban J connectivity index is 2.57. The number of phenolic OH excluding ortho intramolecular Hbond substituents is 1. The average molecular weight is 244 g/mol. The van der Waals surface area contributed by atoms with E-state index in [0.717, 1.165) is 5.56 Å². The molecule has 0 radical (unpaired) electrons. The first-order valence-electron chi connectivity index (χ1n) is 5.36. The summed E-state index contributed by atoms with van der Waals surface area (Å²) in [5.41, 5.74) is 0.988. The predicted octanol–water partition coefficient (Wildman–Crippen LogP) is 2.15. The van der Waals surface area contributed by atoms with Gasteiger partial charge in [-0.15, -0.1) is 0 Å². The van der Waals surface area contributed by atoms with E-state index >= 15 is 0 Å². The van der Waals surface area contributed by atoms with Crippen LogP contribution in [0, 0.1) is 5.92 Å². The number of nitrogens with one attached hydrogen (secondary N) is 1. The Bertz CT molecular complexity index is 342. The third-order valence-corrected chi connectivity index (χ3v) is 2.88. The third-order valence-electron chi connectivity index (χ3n) is 2.58. The lowest BCUT2D eigenvalue weighted by Gasteiger charge is -2.20. The molecular weight excluding hydrogens is 226 g/mol. The number of phenols is 1. The first kappa shape index (κ1) is 13.3. The minimum Gasteiger partial charge on any atom is -0.506 e. The monoisotopic (exact) mass is 243 g/mol. The number of benzene rings is 1. The highest BCUT2D eigenvalue weighted by Crippen LogP contribution is 2.23. The molecule has 3 N–H and O–H groups in total. The van der Waals surface area contributed by atoms with Crippen molar-refractivity contribution in [3.8, 4) is 5.75 Å². The summed E-state index contributed by atoms with van der Waals surface area (Å²) in [6, 6.07) is 5.18. The Morgan fingerprint density at radius 2 is 2.06 bits per heavy atom. The fourth-order valence-electron chi connectivity index (χ4n) is 1.42. The van der Waals surface area contributed by atoms with Gasteiger partial charge in [-0.1, -0.05) is 31.5 Å². The first-order valence-corrected chi connectivity index (χ1v) is 5.74.